The van der Waals surface area contributed by atoms with E-state index in [0.29, 0.717) is 24.4 Å². The highest BCUT2D eigenvalue weighted by molar-refractivity contribution is 5.91. The van der Waals surface area contributed by atoms with Crippen LogP contribution in [0, 0.1) is 0 Å². The first-order chi connectivity index (χ1) is 13.6. The maximum absolute atomic E-state index is 12.1. The van der Waals surface area contributed by atoms with Crippen molar-refractivity contribution < 1.29 is 19.1 Å². The molecule has 0 radical (unpaired) electrons. The van der Waals surface area contributed by atoms with Crippen LogP contribution in [0.2, 0.25) is 0 Å². The van der Waals surface area contributed by atoms with Crippen molar-refractivity contribution in [3.63, 3.8) is 0 Å². The Morgan fingerprint density at radius 3 is 2.61 bits per heavy atom. The van der Waals surface area contributed by atoms with Crippen molar-refractivity contribution in [3.8, 4) is 5.75 Å². The molecule has 1 heterocycles. The van der Waals surface area contributed by atoms with Gasteiger partial charge in [0.2, 0.25) is 0 Å². The molecule has 0 aliphatic rings. The monoisotopic (exact) mass is 379 g/mol. The summed E-state index contributed by atoms with van der Waals surface area (Å²) < 4.78 is 12.0. The second-order valence-electron chi connectivity index (χ2n) is 6.10. The Balaban J connectivity index is 1.44. The molecular weight excluding hydrogens is 358 g/mol. The molecule has 0 aliphatic heterocycles. The van der Waals surface area contributed by atoms with Crippen LogP contribution in [0.4, 0.5) is 0 Å². The van der Waals surface area contributed by atoms with E-state index in [4.69, 9.17) is 9.47 Å². The van der Waals surface area contributed by atoms with E-state index in [2.05, 4.69) is 10.4 Å². The molecule has 0 aliphatic carbocycles. The van der Waals surface area contributed by atoms with E-state index in [9.17, 15) is 9.59 Å². The molecule has 1 N–H and O–H groups in total. The van der Waals surface area contributed by atoms with Gasteiger partial charge in [-0.25, -0.2) is 4.79 Å². The zero-order chi connectivity index (χ0) is 19.8. The summed E-state index contributed by atoms with van der Waals surface area (Å²) in [7, 11) is 1.58. The van der Waals surface area contributed by atoms with E-state index in [1.807, 2.05) is 48.7 Å². The van der Waals surface area contributed by atoms with E-state index < -0.39 is 5.97 Å². The number of carbonyl (C=O) groups excluding carboxylic acids is 2. The fraction of sp³-hybridized carbons (Fsp3) is 0.190. The summed E-state index contributed by atoms with van der Waals surface area (Å²) in [6.45, 7) is 0.614. The maximum Gasteiger partial charge on any atom is 0.338 e. The maximum atomic E-state index is 12.1. The van der Waals surface area contributed by atoms with Gasteiger partial charge in [-0.2, -0.15) is 5.10 Å². The normalized spacial score (nSPS) is 10.3. The van der Waals surface area contributed by atoms with Gasteiger partial charge in [0.1, 0.15) is 5.75 Å². The first-order valence-electron chi connectivity index (χ1n) is 8.77. The van der Waals surface area contributed by atoms with E-state index in [0.717, 1.165) is 11.1 Å². The average molecular weight is 379 g/mol. The summed E-state index contributed by atoms with van der Waals surface area (Å²) in [5.41, 5.74) is 2.30. The lowest BCUT2D eigenvalue weighted by molar-refractivity contribution is -0.124. The van der Waals surface area contributed by atoms with Gasteiger partial charge >= 0.3 is 5.97 Å². The van der Waals surface area contributed by atoms with Gasteiger partial charge in [-0.15, -0.1) is 0 Å². The largest absolute Gasteiger partial charge is 0.497 e. The Bertz CT molecular complexity index is 921. The number of methoxy groups -OCH3 is 1. The number of hydrogen-bond donors (Lipinski definition) is 1. The van der Waals surface area contributed by atoms with Crippen LogP contribution in [-0.2, 0) is 22.6 Å². The Morgan fingerprint density at radius 2 is 1.89 bits per heavy atom. The summed E-state index contributed by atoms with van der Waals surface area (Å²) in [5.74, 6) is -0.192. The molecule has 7 nitrogen and oxygen atoms in total. The van der Waals surface area contributed by atoms with Crippen molar-refractivity contribution >= 4 is 11.9 Å². The molecule has 0 bridgehead atoms. The highest BCUT2D eigenvalue weighted by Crippen LogP contribution is 2.12. The molecule has 28 heavy (non-hydrogen) atoms. The minimum atomic E-state index is -0.540. The third-order valence-electron chi connectivity index (χ3n) is 4.05. The van der Waals surface area contributed by atoms with Gasteiger partial charge in [0.25, 0.3) is 5.91 Å². The van der Waals surface area contributed by atoms with Crippen molar-refractivity contribution in [1.82, 2.24) is 15.1 Å². The van der Waals surface area contributed by atoms with Crippen molar-refractivity contribution in [2.24, 2.45) is 0 Å². The van der Waals surface area contributed by atoms with Crippen LogP contribution in [0.1, 0.15) is 21.5 Å². The third kappa shape index (κ3) is 5.44. The van der Waals surface area contributed by atoms with Gasteiger partial charge in [-0.1, -0.05) is 24.3 Å². The highest BCUT2D eigenvalue weighted by atomic mass is 16.5. The lowest BCUT2D eigenvalue weighted by Gasteiger charge is -2.08. The molecule has 3 aromatic rings. The van der Waals surface area contributed by atoms with Crippen LogP contribution in [0.25, 0.3) is 0 Å². The van der Waals surface area contributed by atoms with E-state index in [1.165, 1.54) is 0 Å². The molecule has 0 atom stereocenters. The van der Waals surface area contributed by atoms with Crippen molar-refractivity contribution in [1.29, 1.82) is 0 Å². The van der Waals surface area contributed by atoms with Gasteiger partial charge in [0, 0.05) is 18.9 Å². The molecule has 0 unspecified atom stereocenters. The minimum absolute atomic E-state index is 0.329. The topological polar surface area (TPSA) is 82.5 Å². The summed E-state index contributed by atoms with van der Waals surface area (Å²) in [6.07, 6.45) is 3.58. The molecule has 144 valence electrons. The summed E-state index contributed by atoms with van der Waals surface area (Å²) >= 11 is 0. The second-order valence-corrected chi connectivity index (χ2v) is 6.10. The number of ether oxygens (including phenoxy) is 2. The van der Waals surface area contributed by atoms with Gasteiger partial charge in [0.05, 0.1) is 19.2 Å². The zero-order valence-corrected chi connectivity index (χ0v) is 15.5. The molecule has 0 spiro atoms. The Morgan fingerprint density at radius 1 is 1.07 bits per heavy atom. The summed E-state index contributed by atoms with van der Waals surface area (Å²) in [5, 5.41) is 6.85. The predicted octanol–water partition coefficient (Wildman–Crippen LogP) is 2.41. The fourth-order valence-corrected chi connectivity index (χ4v) is 2.58. The van der Waals surface area contributed by atoms with Gasteiger partial charge < -0.3 is 14.8 Å². The second kappa shape index (κ2) is 9.36. The van der Waals surface area contributed by atoms with E-state index in [-0.39, 0.29) is 12.5 Å². The number of aromatic nitrogens is 2. The Labute approximate surface area is 162 Å². The van der Waals surface area contributed by atoms with E-state index in [1.54, 1.807) is 30.1 Å². The van der Waals surface area contributed by atoms with Crippen LogP contribution in [-0.4, -0.2) is 35.4 Å². The molecule has 2 aromatic carbocycles. The fourth-order valence-electron chi connectivity index (χ4n) is 2.58. The Hall–Kier alpha value is -3.61. The number of hydrogen-bond acceptors (Lipinski definition) is 5. The molecule has 0 fully saturated rings. The lowest BCUT2D eigenvalue weighted by Crippen LogP contribution is -2.28. The molecular formula is C21H21N3O4. The number of nitrogens with one attached hydrogen (secondary N) is 1. The van der Waals surface area contributed by atoms with Gasteiger partial charge in [0.15, 0.2) is 6.61 Å². The van der Waals surface area contributed by atoms with Crippen LogP contribution >= 0.6 is 0 Å². The predicted molar refractivity (Wildman–Crippen MR) is 103 cm³/mol. The van der Waals surface area contributed by atoms with Crippen molar-refractivity contribution in [2.45, 2.75) is 13.1 Å². The molecule has 1 amide bonds. The SMILES string of the molecule is COc1cccc(CNC(=O)COC(=O)c2ccc(Cn3cccn3)cc2)c1. The van der Waals surface area contributed by atoms with Crippen LogP contribution in [0.5, 0.6) is 5.75 Å². The number of benzene rings is 2. The number of nitrogens with zero attached hydrogens (tertiary/aromatic N) is 2. The number of amides is 1. The van der Waals surface area contributed by atoms with Crippen molar-refractivity contribution in [2.75, 3.05) is 13.7 Å². The molecule has 1 aromatic heterocycles. The molecule has 0 saturated carbocycles. The standard InChI is InChI=1S/C21H21N3O4/c1-27-19-5-2-4-17(12-19)13-22-20(25)15-28-21(26)18-8-6-16(7-9-18)14-24-11-3-10-23-24/h2-12H,13-15H2,1H3,(H,22,25). The Kier molecular flexibility index (Phi) is 6.41. The van der Waals surface area contributed by atoms with Crippen LogP contribution < -0.4 is 10.1 Å². The van der Waals surface area contributed by atoms with E-state index >= 15 is 0 Å². The quantitative estimate of drug-likeness (QED) is 0.608. The number of rotatable bonds is 8. The lowest BCUT2D eigenvalue weighted by atomic mass is 10.1. The minimum Gasteiger partial charge on any atom is -0.497 e. The molecule has 0 saturated heterocycles. The first-order valence-corrected chi connectivity index (χ1v) is 8.77. The summed E-state index contributed by atoms with van der Waals surface area (Å²) in [4.78, 5) is 24.0. The highest BCUT2D eigenvalue weighted by Gasteiger charge is 2.10. The number of carbonyl (C=O) groups is 2. The van der Waals surface area contributed by atoms with Gasteiger partial charge in [-0.05, 0) is 41.5 Å². The smallest absolute Gasteiger partial charge is 0.338 e. The zero-order valence-electron chi connectivity index (χ0n) is 15.5. The molecule has 3 rings (SSSR count). The van der Waals surface area contributed by atoms with Crippen LogP contribution in [0.15, 0.2) is 67.0 Å². The van der Waals surface area contributed by atoms with Gasteiger partial charge in [-0.3, -0.25) is 9.48 Å². The molecule has 7 heteroatoms. The third-order valence-corrected chi connectivity index (χ3v) is 4.05. The summed E-state index contributed by atoms with van der Waals surface area (Å²) in [6, 6.07) is 16.2. The average Bonchev–Trinajstić information content (AvgIpc) is 3.24. The number of esters is 1. The van der Waals surface area contributed by atoms with Crippen molar-refractivity contribution in [3.05, 3.63) is 83.7 Å². The first kappa shape index (κ1) is 19.2. The van der Waals surface area contributed by atoms with Crippen LogP contribution in [0.3, 0.4) is 0 Å².